The summed E-state index contributed by atoms with van der Waals surface area (Å²) < 4.78 is 66.9. The minimum absolute atomic E-state index is 0.157. The van der Waals surface area contributed by atoms with Gasteiger partial charge in [-0.3, -0.25) is 4.79 Å². The first-order valence-corrected chi connectivity index (χ1v) is 14.2. The molecule has 1 saturated heterocycles. The number of hydrogen-bond donors (Lipinski definition) is 2. The zero-order valence-corrected chi connectivity index (χ0v) is 22.1. The van der Waals surface area contributed by atoms with Crippen LogP contribution in [0.5, 0.6) is 0 Å². The van der Waals surface area contributed by atoms with Crippen LogP contribution in [0.15, 0.2) is 24.5 Å². The second kappa shape index (κ2) is 10.3. The number of fused-ring (bicyclic) bond motifs is 1. The molecule has 4 unspecified atom stereocenters. The van der Waals surface area contributed by atoms with Crippen LogP contribution in [0.4, 0.5) is 19.0 Å². The summed E-state index contributed by atoms with van der Waals surface area (Å²) in [6.07, 6.45) is 0.287. The van der Waals surface area contributed by atoms with Crippen molar-refractivity contribution in [3.05, 3.63) is 30.1 Å². The lowest BCUT2D eigenvalue weighted by Gasteiger charge is -2.44. The smallest absolute Gasteiger partial charge is 0.358 e. The molecule has 4 rings (SSSR count). The van der Waals surface area contributed by atoms with Crippen LogP contribution >= 0.6 is 0 Å². The largest absolute Gasteiger partial charge is 0.416 e. The van der Waals surface area contributed by atoms with Gasteiger partial charge in [0.25, 0.3) is 0 Å². The predicted octanol–water partition coefficient (Wildman–Crippen LogP) is 2.84. The number of nitrogens with one attached hydrogen (secondary N) is 2. The highest BCUT2D eigenvalue weighted by Gasteiger charge is 2.43. The second-order valence-corrected chi connectivity index (χ2v) is 12.0. The molecule has 9 nitrogen and oxygen atoms in total. The van der Waals surface area contributed by atoms with Gasteiger partial charge in [-0.2, -0.15) is 13.2 Å². The summed E-state index contributed by atoms with van der Waals surface area (Å²) >= 11 is 0. The lowest BCUT2D eigenvalue weighted by molar-refractivity contribution is -0.137. The monoisotopic (exact) mass is 542 g/mol. The fraction of sp³-hybridized carbons (Fsp3) is 0.625. The van der Waals surface area contributed by atoms with E-state index in [9.17, 15) is 26.4 Å². The average molecular weight is 543 g/mol. The number of carbonyl (C=O) groups is 1. The van der Waals surface area contributed by atoms with Gasteiger partial charge in [-0.05, 0) is 64.8 Å². The molecule has 2 heterocycles. The Balaban J connectivity index is 1.54. The van der Waals surface area contributed by atoms with Crippen molar-refractivity contribution in [2.75, 3.05) is 25.2 Å². The SMILES string of the molecule is CC(C)N(C)C1CCC(N2CCC(Nc3ncnc4ccc(C(F)(F)F)cc34)C2=O)C(NS(C)(=O)=O)C1. The van der Waals surface area contributed by atoms with Gasteiger partial charge in [-0.15, -0.1) is 0 Å². The van der Waals surface area contributed by atoms with E-state index in [0.717, 1.165) is 24.8 Å². The van der Waals surface area contributed by atoms with Crippen molar-refractivity contribution < 1.29 is 26.4 Å². The van der Waals surface area contributed by atoms with Crippen molar-refractivity contribution in [2.45, 2.75) is 75.9 Å². The standard InChI is InChI=1S/C24H33F3N6O3S/c1-14(2)32(3)16-6-8-21(20(12-16)31-37(4,35)36)33-10-9-19(23(33)34)30-22-17-11-15(24(25,26)27)5-7-18(17)28-13-29-22/h5,7,11,13-14,16,19-21,31H,6,8-10,12H2,1-4H3,(H,28,29,30). The molecule has 4 atom stereocenters. The molecular weight excluding hydrogens is 509 g/mol. The molecule has 1 aromatic carbocycles. The summed E-state index contributed by atoms with van der Waals surface area (Å²) in [4.78, 5) is 25.5. The van der Waals surface area contributed by atoms with Gasteiger partial charge in [0.15, 0.2) is 0 Å². The Morgan fingerprint density at radius 1 is 1.16 bits per heavy atom. The van der Waals surface area contributed by atoms with Crippen LogP contribution in [0.1, 0.15) is 45.1 Å². The van der Waals surface area contributed by atoms with Gasteiger partial charge in [0.2, 0.25) is 15.9 Å². The molecule has 0 radical (unpaired) electrons. The second-order valence-electron chi connectivity index (χ2n) is 10.3. The number of halogens is 3. The molecule has 1 aromatic heterocycles. The van der Waals surface area contributed by atoms with Gasteiger partial charge in [0.1, 0.15) is 18.2 Å². The van der Waals surface area contributed by atoms with E-state index in [2.05, 4.69) is 38.8 Å². The number of sulfonamides is 1. The molecule has 2 N–H and O–H groups in total. The van der Waals surface area contributed by atoms with Crippen LogP contribution in [0.25, 0.3) is 10.9 Å². The highest BCUT2D eigenvalue weighted by atomic mass is 32.2. The number of aromatic nitrogens is 2. The zero-order valence-electron chi connectivity index (χ0n) is 21.3. The normalized spacial score (nSPS) is 25.4. The van der Waals surface area contributed by atoms with Crippen LogP contribution in [-0.4, -0.2) is 84.2 Å². The van der Waals surface area contributed by atoms with Crippen LogP contribution in [0.2, 0.25) is 0 Å². The summed E-state index contributed by atoms with van der Waals surface area (Å²) in [7, 11) is -1.49. The van der Waals surface area contributed by atoms with Gasteiger partial charge >= 0.3 is 6.18 Å². The van der Waals surface area contributed by atoms with E-state index in [1.807, 2.05) is 7.05 Å². The Morgan fingerprint density at radius 3 is 2.54 bits per heavy atom. The third-order valence-electron chi connectivity index (χ3n) is 7.46. The fourth-order valence-corrected chi connectivity index (χ4v) is 6.18. The summed E-state index contributed by atoms with van der Waals surface area (Å²) in [5.41, 5.74) is -0.493. The van der Waals surface area contributed by atoms with E-state index in [-0.39, 0.29) is 29.2 Å². The van der Waals surface area contributed by atoms with Crippen molar-refractivity contribution in [3.8, 4) is 0 Å². The molecule has 1 aliphatic carbocycles. The van der Waals surface area contributed by atoms with Gasteiger partial charge in [0, 0.05) is 36.1 Å². The van der Waals surface area contributed by atoms with Crippen molar-refractivity contribution in [2.24, 2.45) is 0 Å². The lowest BCUT2D eigenvalue weighted by Crippen LogP contribution is -2.58. The number of alkyl halides is 3. The fourth-order valence-electron chi connectivity index (χ4n) is 5.38. The predicted molar refractivity (Wildman–Crippen MR) is 134 cm³/mol. The maximum atomic E-state index is 13.5. The highest BCUT2D eigenvalue weighted by molar-refractivity contribution is 7.88. The molecule has 37 heavy (non-hydrogen) atoms. The Morgan fingerprint density at radius 2 is 1.89 bits per heavy atom. The van der Waals surface area contributed by atoms with E-state index in [1.165, 1.54) is 12.4 Å². The number of nitrogens with zero attached hydrogens (tertiary/aromatic N) is 4. The number of benzene rings is 1. The molecule has 0 bridgehead atoms. The molecule has 1 saturated carbocycles. The van der Waals surface area contributed by atoms with Gasteiger partial charge in [0.05, 0.1) is 17.3 Å². The van der Waals surface area contributed by atoms with E-state index < -0.39 is 33.8 Å². The summed E-state index contributed by atoms with van der Waals surface area (Å²) in [5.74, 6) is -0.0657. The minimum Gasteiger partial charge on any atom is -0.358 e. The quantitative estimate of drug-likeness (QED) is 0.554. The Kier molecular flexibility index (Phi) is 7.69. The topological polar surface area (TPSA) is 108 Å². The van der Waals surface area contributed by atoms with Crippen molar-refractivity contribution >= 4 is 32.7 Å². The third-order valence-corrected chi connectivity index (χ3v) is 8.19. The van der Waals surface area contributed by atoms with Crippen LogP contribution in [-0.2, 0) is 21.0 Å². The van der Waals surface area contributed by atoms with Gasteiger partial charge in [-0.25, -0.2) is 23.1 Å². The van der Waals surface area contributed by atoms with E-state index >= 15 is 0 Å². The third kappa shape index (κ3) is 6.15. The number of likely N-dealkylation sites (tertiary alicyclic amines) is 1. The first kappa shape index (κ1) is 27.5. The molecule has 0 spiro atoms. The Hall–Kier alpha value is -2.51. The van der Waals surface area contributed by atoms with Crippen LogP contribution in [0, 0.1) is 0 Å². The lowest BCUT2D eigenvalue weighted by atomic mass is 9.85. The molecule has 204 valence electrons. The highest BCUT2D eigenvalue weighted by Crippen LogP contribution is 2.34. The number of carbonyl (C=O) groups excluding carboxylic acids is 1. The van der Waals surface area contributed by atoms with Crippen LogP contribution in [0.3, 0.4) is 0 Å². The van der Waals surface area contributed by atoms with Gasteiger partial charge in [-0.1, -0.05) is 0 Å². The van der Waals surface area contributed by atoms with E-state index in [4.69, 9.17) is 0 Å². The maximum Gasteiger partial charge on any atom is 0.416 e. The Labute approximate surface area is 214 Å². The van der Waals surface area contributed by atoms with Crippen LogP contribution < -0.4 is 10.0 Å². The first-order valence-electron chi connectivity index (χ1n) is 12.3. The molecule has 2 aromatic rings. The minimum atomic E-state index is -4.52. The first-order chi connectivity index (χ1) is 17.2. The van der Waals surface area contributed by atoms with Crippen molar-refractivity contribution in [3.63, 3.8) is 0 Å². The average Bonchev–Trinajstić information content (AvgIpc) is 3.16. The number of anilines is 1. The Bertz CT molecular complexity index is 1260. The summed E-state index contributed by atoms with van der Waals surface area (Å²) in [6.45, 7) is 4.57. The van der Waals surface area contributed by atoms with E-state index in [0.29, 0.717) is 37.4 Å². The maximum absolute atomic E-state index is 13.5. The number of hydrogen-bond acceptors (Lipinski definition) is 7. The van der Waals surface area contributed by atoms with E-state index in [1.54, 1.807) is 4.90 Å². The summed E-state index contributed by atoms with van der Waals surface area (Å²) in [6, 6.07) is 2.25. The summed E-state index contributed by atoms with van der Waals surface area (Å²) in [5, 5.41) is 3.21. The molecule has 2 fully saturated rings. The zero-order chi connectivity index (χ0) is 27.1. The number of amides is 1. The molecule has 1 amide bonds. The van der Waals surface area contributed by atoms with Crippen molar-refractivity contribution in [1.29, 1.82) is 0 Å². The molecule has 1 aliphatic heterocycles. The van der Waals surface area contributed by atoms with Crippen molar-refractivity contribution in [1.82, 2.24) is 24.5 Å². The van der Waals surface area contributed by atoms with Gasteiger partial charge < -0.3 is 15.1 Å². The molecule has 2 aliphatic rings. The molecule has 13 heteroatoms. The molecular formula is C24H33F3N6O3S. The number of rotatable bonds is 7.